The molecule has 146 valence electrons. The Bertz CT molecular complexity index is 760. The maximum atomic E-state index is 14.7. The molecule has 0 aliphatic carbocycles. The Balaban J connectivity index is 2.12. The van der Waals surface area contributed by atoms with E-state index in [2.05, 4.69) is 0 Å². The van der Waals surface area contributed by atoms with Gasteiger partial charge >= 0.3 is 11.9 Å². The van der Waals surface area contributed by atoms with Crippen molar-refractivity contribution in [1.82, 2.24) is 0 Å². The topological polar surface area (TPSA) is 77.5 Å². The molecule has 9 heteroatoms. The number of esters is 2. The number of rotatable bonds is 4. The summed E-state index contributed by atoms with van der Waals surface area (Å²) in [5.41, 5.74) is 0.721. The molecule has 0 aromatic heterocycles. The minimum Gasteiger partial charge on any atom is -0.466 e. The van der Waals surface area contributed by atoms with Crippen LogP contribution in [0.2, 0.25) is 0 Å². The Hall–Kier alpha value is -2.65. The van der Waals surface area contributed by atoms with E-state index in [0.717, 1.165) is 0 Å². The summed E-state index contributed by atoms with van der Waals surface area (Å²) < 4.78 is 35.2. The third-order valence-corrected chi connectivity index (χ3v) is 4.42. The van der Waals surface area contributed by atoms with Gasteiger partial charge in [0.1, 0.15) is 18.2 Å². The van der Waals surface area contributed by atoms with Crippen LogP contribution >= 0.6 is 0 Å². The van der Waals surface area contributed by atoms with Gasteiger partial charge in [-0.05, 0) is 12.1 Å². The zero-order valence-corrected chi connectivity index (χ0v) is 15.2. The average molecular weight is 380 g/mol. The van der Waals surface area contributed by atoms with Crippen LogP contribution in [0.4, 0.5) is 15.8 Å². The number of hydrogen-bond donors (Lipinski definition) is 0. The van der Waals surface area contributed by atoms with E-state index in [0.29, 0.717) is 37.7 Å². The summed E-state index contributed by atoms with van der Waals surface area (Å²) in [6.07, 6.45) is 0. The van der Waals surface area contributed by atoms with E-state index in [-0.39, 0.29) is 24.6 Å². The van der Waals surface area contributed by atoms with Gasteiger partial charge in [0.2, 0.25) is 0 Å². The van der Waals surface area contributed by atoms with E-state index in [9.17, 15) is 14.0 Å². The molecular formula is C18H21FN2O6. The summed E-state index contributed by atoms with van der Waals surface area (Å²) in [5, 5.41) is 0. The van der Waals surface area contributed by atoms with Gasteiger partial charge in [-0.1, -0.05) is 6.07 Å². The SMILES string of the molecule is COC(=O)C1=C(C(=O)OC)N(c2cccc(F)c2N2CCOCC2)COC1. The normalized spacial score (nSPS) is 17.7. The lowest BCUT2D eigenvalue weighted by Crippen LogP contribution is -2.41. The smallest absolute Gasteiger partial charge is 0.355 e. The molecular weight excluding hydrogens is 359 g/mol. The second kappa shape index (κ2) is 8.36. The van der Waals surface area contributed by atoms with Crippen LogP contribution in [0.15, 0.2) is 29.5 Å². The molecule has 0 bridgehead atoms. The van der Waals surface area contributed by atoms with Crippen molar-refractivity contribution in [2.45, 2.75) is 0 Å². The molecule has 0 unspecified atom stereocenters. The highest BCUT2D eigenvalue weighted by atomic mass is 19.1. The van der Waals surface area contributed by atoms with Crippen LogP contribution in [-0.4, -0.2) is 65.8 Å². The number of halogens is 1. The maximum Gasteiger partial charge on any atom is 0.355 e. The number of carbonyl (C=O) groups excluding carboxylic acids is 2. The summed E-state index contributed by atoms with van der Waals surface area (Å²) >= 11 is 0. The third-order valence-electron chi connectivity index (χ3n) is 4.42. The second-order valence-electron chi connectivity index (χ2n) is 5.92. The number of carbonyl (C=O) groups is 2. The molecule has 0 amide bonds. The second-order valence-corrected chi connectivity index (χ2v) is 5.92. The van der Waals surface area contributed by atoms with E-state index in [1.54, 1.807) is 6.07 Å². The molecule has 0 saturated carbocycles. The Morgan fingerprint density at radius 1 is 1.07 bits per heavy atom. The third kappa shape index (κ3) is 3.74. The lowest BCUT2D eigenvalue weighted by Gasteiger charge is -2.36. The lowest BCUT2D eigenvalue weighted by molar-refractivity contribution is -0.140. The molecule has 1 fully saturated rings. The first-order chi connectivity index (χ1) is 13.1. The van der Waals surface area contributed by atoms with Gasteiger partial charge in [0.05, 0.1) is 51.0 Å². The van der Waals surface area contributed by atoms with E-state index in [1.165, 1.54) is 31.3 Å². The van der Waals surface area contributed by atoms with Crippen LogP contribution in [0.1, 0.15) is 0 Å². The Morgan fingerprint density at radius 2 is 1.78 bits per heavy atom. The Morgan fingerprint density at radius 3 is 2.44 bits per heavy atom. The van der Waals surface area contributed by atoms with Crippen molar-refractivity contribution < 1.29 is 32.9 Å². The summed E-state index contributed by atoms with van der Waals surface area (Å²) in [6.45, 7) is 1.81. The van der Waals surface area contributed by atoms with Gasteiger partial charge < -0.3 is 28.7 Å². The highest BCUT2D eigenvalue weighted by Crippen LogP contribution is 2.37. The van der Waals surface area contributed by atoms with Crippen LogP contribution in [0.25, 0.3) is 0 Å². The molecule has 2 aliphatic rings. The van der Waals surface area contributed by atoms with Crippen LogP contribution in [-0.2, 0) is 28.5 Å². The van der Waals surface area contributed by atoms with Gasteiger partial charge in [0.15, 0.2) is 0 Å². The molecule has 3 rings (SSSR count). The van der Waals surface area contributed by atoms with Gasteiger partial charge in [-0.25, -0.2) is 14.0 Å². The minimum absolute atomic E-state index is 0.0179. The van der Waals surface area contributed by atoms with Crippen molar-refractivity contribution in [2.75, 3.05) is 63.7 Å². The van der Waals surface area contributed by atoms with Crippen molar-refractivity contribution in [3.8, 4) is 0 Å². The molecule has 1 aromatic rings. The van der Waals surface area contributed by atoms with E-state index in [4.69, 9.17) is 18.9 Å². The molecule has 1 saturated heterocycles. The van der Waals surface area contributed by atoms with Gasteiger partial charge in [0, 0.05) is 13.1 Å². The number of ether oxygens (including phenoxy) is 4. The Kier molecular flexibility index (Phi) is 5.92. The number of methoxy groups -OCH3 is 2. The molecule has 2 aliphatic heterocycles. The van der Waals surface area contributed by atoms with E-state index < -0.39 is 17.8 Å². The fourth-order valence-electron chi connectivity index (χ4n) is 3.16. The highest BCUT2D eigenvalue weighted by molar-refractivity contribution is 6.04. The molecule has 2 heterocycles. The molecule has 1 aromatic carbocycles. The number of benzene rings is 1. The largest absolute Gasteiger partial charge is 0.466 e. The van der Waals surface area contributed by atoms with Crippen molar-refractivity contribution >= 4 is 23.3 Å². The van der Waals surface area contributed by atoms with Crippen LogP contribution in [0.3, 0.4) is 0 Å². The fraction of sp³-hybridized carbons (Fsp3) is 0.444. The van der Waals surface area contributed by atoms with Crippen molar-refractivity contribution in [2.24, 2.45) is 0 Å². The van der Waals surface area contributed by atoms with E-state index in [1.807, 2.05) is 4.90 Å². The molecule has 27 heavy (non-hydrogen) atoms. The first kappa shape index (κ1) is 19.1. The zero-order valence-electron chi connectivity index (χ0n) is 15.2. The summed E-state index contributed by atoms with van der Waals surface area (Å²) in [7, 11) is 2.43. The first-order valence-electron chi connectivity index (χ1n) is 8.44. The summed E-state index contributed by atoms with van der Waals surface area (Å²) in [6, 6.07) is 4.55. The van der Waals surface area contributed by atoms with Crippen LogP contribution in [0.5, 0.6) is 0 Å². The molecule has 8 nitrogen and oxygen atoms in total. The maximum absolute atomic E-state index is 14.7. The predicted octanol–water partition coefficient (Wildman–Crippen LogP) is 1.06. The number of morpholine rings is 1. The Labute approximate surface area is 156 Å². The standard InChI is InChI=1S/C18H21FN2O6/c1-24-17(22)12-10-27-11-21(15(12)18(23)25-2)14-5-3-4-13(19)16(14)20-6-8-26-9-7-20/h3-5H,6-11H2,1-2H3. The number of para-hydroxylation sites is 1. The van der Waals surface area contributed by atoms with E-state index >= 15 is 0 Å². The monoisotopic (exact) mass is 380 g/mol. The van der Waals surface area contributed by atoms with Crippen molar-refractivity contribution in [3.63, 3.8) is 0 Å². The molecule has 0 N–H and O–H groups in total. The van der Waals surface area contributed by atoms with Gasteiger partial charge in [0.25, 0.3) is 0 Å². The number of nitrogens with zero attached hydrogens (tertiary/aromatic N) is 2. The predicted molar refractivity (Wildman–Crippen MR) is 93.8 cm³/mol. The zero-order chi connectivity index (χ0) is 19.4. The van der Waals surface area contributed by atoms with Crippen molar-refractivity contribution in [3.05, 3.63) is 35.3 Å². The molecule has 0 atom stereocenters. The van der Waals surface area contributed by atoms with Gasteiger partial charge in [-0.2, -0.15) is 0 Å². The number of anilines is 2. The quantitative estimate of drug-likeness (QED) is 0.718. The molecule has 0 spiro atoms. The van der Waals surface area contributed by atoms with Gasteiger partial charge in [-0.15, -0.1) is 0 Å². The highest BCUT2D eigenvalue weighted by Gasteiger charge is 2.34. The average Bonchev–Trinajstić information content (AvgIpc) is 2.72. The summed E-state index contributed by atoms with van der Waals surface area (Å²) in [5.74, 6) is -1.87. The van der Waals surface area contributed by atoms with Gasteiger partial charge in [-0.3, -0.25) is 0 Å². The minimum atomic E-state index is -0.726. The first-order valence-corrected chi connectivity index (χ1v) is 8.44. The van der Waals surface area contributed by atoms with Crippen molar-refractivity contribution in [1.29, 1.82) is 0 Å². The number of hydrogen-bond acceptors (Lipinski definition) is 8. The van der Waals surface area contributed by atoms with Crippen LogP contribution < -0.4 is 9.80 Å². The van der Waals surface area contributed by atoms with Crippen LogP contribution in [0, 0.1) is 5.82 Å². The lowest BCUT2D eigenvalue weighted by atomic mass is 10.1. The summed E-state index contributed by atoms with van der Waals surface area (Å²) in [4.78, 5) is 27.9. The fourth-order valence-corrected chi connectivity index (χ4v) is 3.16. The molecule has 0 radical (unpaired) electrons.